The molecule has 1 aromatic carbocycles. The van der Waals surface area contributed by atoms with Crippen molar-refractivity contribution in [1.29, 1.82) is 0 Å². The van der Waals surface area contributed by atoms with E-state index in [4.69, 9.17) is 10.5 Å². The fourth-order valence-electron chi connectivity index (χ4n) is 3.92. The Hall–Kier alpha value is -1.71. The highest BCUT2D eigenvalue weighted by Gasteiger charge is 2.31. The smallest absolute Gasteiger partial charge is 0.337 e. The monoisotopic (exact) mass is 304 g/mol. The van der Waals surface area contributed by atoms with Crippen LogP contribution < -0.4 is 11.1 Å². The number of rotatable bonds is 4. The fourth-order valence-corrected chi connectivity index (χ4v) is 3.92. The summed E-state index contributed by atoms with van der Waals surface area (Å²) in [5, 5.41) is 3.45. The van der Waals surface area contributed by atoms with Crippen LogP contribution in [0.15, 0.2) is 18.2 Å². The van der Waals surface area contributed by atoms with Crippen LogP contribution in [0.5, 0.6) is 0 Å². The summed E-state index contributed by atoms with van der Waals surface area (Å²) in [5.41, 5.74) is 8.43. The average molecular weight is 304 g/mol. The predicted molar refractivity (Wildman–Crippen MR) is 91.0 cm³/mol. The number of nitrogens with two attached hydrogens (primary N) is 1. The van der Waals surface area contributed by atoms with Gasteiger partial charge in [-0.25, -0.2) is 4.79 Å². The Morgan fingerprint density at radius 3 is 2.73 bits per heavy atom. The second kappa shape index (κ2) is 6.59. The molecule has 0 bridgehead atoms. The minimum absolute atomic E-state index is 0.360. The number of hydrogen-bond donors (Lipinski definition) is 2. The van der Waals surface area contributed by atoms with Gasteiger partial charge in [0.2, 0.25) is 0 Å². The summed E-state index contributed by atoms with van der Waals surface area (Å²) in [6, 6.07) is 5.28. The molecule has 0 aromatic heterocycles. The average Bonchev–Trinajstić information content (AvgIpc) is 2.43. The van der Waals surface area contributed by atoms with Crippen molar-refractivity contribution in [1.82, 2.24) is 0 Å². The minimum Gasteiger partial charge on any atom is -0.465 e. The van der Waals surface area contributed by atoms with E-state index in [1.807, 2.05) is 6.07 Å². The van der Waals surface area contributed by atoms with Crippen LogP contribution in [0.25, 0.3) is 0 Å². The van der Waals surface area contributed by atoms with E-state index in [0.717, 1.165) is 18.2 Å². The minimum atomic E-state index is -0.360. The van der Waals surface area contributed by atoms with E-state index in [0.29, 0.717) is 22.6 Å². The van der Waals surface area contributed by atoms with Gasteiger partial charge in [0.1, 0.15) is 0 Å². The molecule has 1 aromatic rings. The lowest BCUT2D eigenvalue weighted by Gasteiger charge is -2.39. The zero-order valence-corrected chi connectivity index (χ0v) is 14.1. The summed E-state index contributed by atoms with van der Waals surface area (Å²) in [6.07, 6.45) is 3.81. The number of nitrogens with one attached hydrogen (secondary N) is 1. The van der Waals surface area contributed by atoms with Crippen molar-refractivity contribution in [3.63, 3.8) is 0 Å². The van der Waals surface area contributed by atoms with E-state index >= 15 is 0 Å². The third kappa shape index (κ3) is 4.15. The first-order valence-corrected chi connectivity index (χ1v) is 8.02. The number of carbonyl (C=O) groups excluding carboxylic acids is 1. The summed E-state index contributed by atoms with van der Waals surface area (Å²) < 4.78 is 4.71. The van der Waals surface area contributed by atoms with Gasteiger partial charge in [-0.05, 0) is 54.7 Å². The molecule has 4 heteroatoms. The fraction of sp³-hybridized carbons (Fsp3) is 0.611. The van der Waals surface area contributed by atoms with Crippen molar-refractivity contribution in [3.05, 3.63) is 23.8 Å². The van der Waals surface area contributed by atoms with Crippen LogP contribution >= 0.6 is 0 Å². The Bertz CT molecular complexity index is 540. The molecule has 122 valence electrons. The van der Waals surface area contributed by atoms with Gasteiger partial charge in [-0.15, -0.1) is 0 Å². The van der Waals surface area contributed by atoms with E-state index in [-0.39, 0.29) is 5.97 Å². The third-order valence-electron chi connectivity index (χ3n) is 4.53. The largest absolute Gasteiger partial charge is 0.465 e. The van der Waals surface area contributed by atoms with Crippen LogP contribution in [-0.4, -0.2) is 19.6 Å². The molecule has 0 heterocycles. The molecule has 1 fully saturated rings. The van der Waals surface area contributed by atoms with E-state index in [2.05, 4.69) is 26.1 Å². The topological polar surface area (TPSA) is 64.3 Å². The molecule has 0 spiro atoms. The molecule has 0 radical (unpaired) electrons. The molecule has 1 aliphatic rings. The lowest BCUT2D eigenvalue weighted by Crippen LogP contribution is -2.31. The number of ether oxygens (including phenoxy) is 1. The molecule has 2 rings (SSSR count). The summed E-state index contributed by atoms with van der Waals surface area (Å²) in [5.74, 6) is 1.08. The third-order valence-corrected chi connectivity index (χ3v) is 4.53. The Balaban J connectivity index is 1.98. The summed E-state index contributed by atoms with van der Waals surface area (Å²) in [4.78, 5) is 11.5. The summed E-state index contributed by atoms with van der Waals surface area (Å²) in [6.45, 7) is 7.98. The zero-order valence-electron chi connectivity index (χ0n) is 14.1. The van der Waals surface area contributed by atoms with Crippen molar-refractivity contribution < 1.29 is 9.53 Å². The van der Waals surface area contributed by atoms with E-state index in [9.17, 15) is 4.79 Å². The molecule has 0 saturated heterocycles. The number of nitrogen functional groups attached to an aromatic ring is 1. The van der Waals surface area contributed by atoms with Gasteiger partial charge in [-0.3, -0.25) is 0 Å². The van der Waals surface area contributed by atoms with Gasteiger partial charge in [0.25, 0.3) is 0 Å². The van der Waals surface area contributed by atoms with Crippen LogP contribution in [0.2, 0.25) is 0 Å². The quantitative estimate of drug-likeness (QED) is 0.653. The molecular weight excluding hydrogens is 276 g/mol. The van der Waals surface area contributed by atoms with Gasteiger partial charge in [-0.1, -0.05) is 20.8 Å². The standard InChI is InChI=1S/C18H28N2O2/c1-12-7-13(10-18(2,3)9-12)11-20-16-6-5-14(8-15(16)19)17(21)22-4/h5-6,8,12-13,20H,7,9-11,19H2,1-4H3/t12-,13?/m1/s1. The van der Waals surface area contributed by atoms with Crippen molar-refractivity contribution in [2.75, 3.05) is 24.7 Å². The first-order chi connectivity index (χ1) is 10.3. The number of esters is 1. The second-order valence-electron chi connectivity index (χ2n) is 7.45. The van der Waals surface area contributed by atoms with Crippen molar-refractivity contribution in [2.45, 2.75) is 40.0 Å². The van der Waals surface area contributed by atoms with Gasteiger partial charge >= 0.3 is 5.97 Å². The maximum Gasteiger partial charge on any atom is 0.337 e. The second-order valence-corrected chi connectivity index (χ2v) is 7.45. The molecule has 22 heavy (non-hydrogen) atoms. The SMILES string of the molecule is COC(=O)c1ccc(NCC2C[C@@H](C)CC(C)(C)C2)c(N)c1. The van der Waals surface area contributed by atoms with Crippen LogP contribution in [0.1, 0.15) is 50.4 Å². The first-order valence-electron chi connectivity index (χ1n) is 8.02. The molecule has 0 aliphatic heterocycles. The summed E-state index contributed by atoms with van der Waals surface area (Å²) in [7, 11) is 1.37. The van der Waals surface area contributed by atoms with Gasteiger partial charge in [0, 0.05) is 6.54 Å². The number of carbonyl (C=O) groups is 1. The molecule has 1 aliphatic carbocycles. The normalized spacial score (nSPS) is 23.8. The molecular formula is C18H28N2O2. The molecule has 0 amide bonds. The highest BCUT2D eigenvalue weighted by atomic mass is 16.5. The molecule has 1 saturated carbocycles. The van der Waals surface area contributed by atoms with Crippen LogP contribution in [0.4, 0.5) is 11.4 Å². The molecule has 1 unspecified atom stereocenters. The van der Waals surface area contributed by atoms with Gasteiger partial charge < -0.3 is 15.8 Å². The Kier molecular flexibility index (Phi) is 4.99. The van der Waals surface area contributed by atoms with Crippen molar-refractivity contribution in [2.24, 2.45) is 17.3 Å². The Morgan fingerprint density at radius 2 is 2.14 bits per heavy atom. The van der Waals surface area contributed by atoms with Crippen LogP contribution in [0, 0.1) is 17.3 Å². The Morgan fingerprint density at radius 1 is 1.41 bits per heavy atom. The van der Waals surface area contributed by atoms with Gasteiger partial charge in [-0.2, -0.15) is 0 Å². The lowest BCUT2D eigenvalue weighted by atomic mass is 9.68. The predicted octanol–water partition coefficient (Wildman–Crippen LogP) is 3.93. The highest BCUT2D eigenvalue weighted by Crippen LogP contribution is 2.41. The van der Waals surface area contributed by atoms with Gasteiger partial charge in [0.15, 0.2) is 0 Å². The molecule has 4 nitrogen and oxygen atoms in total. The first kappa shape index (κ1) is 16.7. The van der Waals surface area contributed by atoms with Crippen molar-refractivity contribution in [3.8, 4) is 0 Å². The number of methoxy groups -OCH3 is 1. The van der Waals surface area contributed by atoms with Gasteiger partial charge in [0.05, 0.1) is 24.0 Å². The lowest BCUT2D eigenvalue weighted by molar-refractivity contribution is 0.0601. The maximum atomic E-state index is 11.5. The Labute approximate surface area is 133 Å². The van der Waals surface area contributed by atoms with Crippen LogP contribution in [0.3, 0.4) is 0 Å². The van der Waals surface area contributed by atoms with E-state index in [1.165, 1.54) is 26.4 Å². The number of hydrogen-bond acceptors (Lipinski definition) is 4. The number of benzene rings is 1. The van der Waals surface area contributed by atoms with E-state index < -0.39 is 0 Å². The summed E-state index contributed by atoms with van der Waals surface area (Å²) >= 11 is 0. The maximum absolute atomic E-state index is 11.5. The van der Waals surface area contributed by atoms with Crippen molar-refractivity contribution >= 4 is 17.3 Å². The highest BCUT2D eigenvalue weighted by molar-refractivity contribution is 5.91. The zero-order chi connectivity index (χ0) is 16.3. The van der Waals surface area contributed by atoms with Crippen LogP contribution in [-0.2, 0) is 4.74 Å². The molecule has 2 atom stereocenters. The van der Waals surface area contributed by atoms with E-state index in [1.54, 1.807) is 12.1 Å². The number of anilines is 2. The molecule has 3 N–H and O–H groups in total.